The Kier molecular flexibility index (Phi) is 3.00. The van der Waals surface area contributed by atoms with Crippen LogP contribution in [0.3, 0.4) is 0 Å². The molecule has 1 heterocycles. The first-order valence-electron chi connectivity index (χ1n) is 4.79. The number of benzene rings is 1. The van der Waals surface area contributed by atoms with Gasteiger partial charge in [-0.1, -0.05) is 5.16 Å². The summed E-state index contributed by atoms with van der Waals surface area (Å²) in [7, 11) is 0. The van der Waals surface area contributed by atoms with Crippen molar-refractivity contribution in [2.45, 2.75) is 6.42 Å². The molecule has 0 spiro atoms. The molecular weight excluding hydrogens is 211 g/mol. The van der Waals surface area contributed by atoms with Gasteiger partial charge in [0.05, 0.1) is 0 Å². The molecule has 0 aliphatic rings. The highest BCUT2D eigenvalue weighted by molar-refractivity contribution is 5.54. The lowest BCUT2D eigenvalue weighted by molar-refractivity contribution is 0.380. The van der Waals surface area contributed by atoms with Gasteiger partial charge >= 0.3 is 0 Å². The highest BCUT2D eigenvalue weighted by atomic mass is 19.1. The highest BCUT2D eigenvalue weighted by Crippen LogP contribution is 2.15. The number of nitrogens with two attached hydrogens (primary N) is 1. The van der Waals surface area contributed by atoms with Gasteiger partial charge in [-0.25, -0.2) is 4.39 Å². The van der Waals surface area contributed by atoms with Gasteiger partial charge in [0.15, 0.2) is 6.33 Å². The first kappa shape index (κ1) is 10.4. The second-order valence-corrected chi connectivity index (χ2v) is 3.29. The maximum absolute atomic E-state index is 13.0. The molecule has 5 nitrogen and oxygen atoms in total. The van der Waals surface area contributed by atoms with Crippen molar-refractivity contribution in [2.75, 3.05) is 17.6 Å². The van der Waals surface area contributed by atoms with E-state index in [2.05, 4.69) is 15.5 Å². The number of aromatic nitrogens is 2. The summed E-state index contributed by atoms with van der Waals surface area (Å²) in [6, 6.07) is 4.31. The Bertz CT molecular complexity index is 438. The van der Waals surface area contributed by atoms with Crippen molar-refractivity contribution in [1.82, 2.24) is 10.1 Å². The third kappa shape index (κ3) is 2.69. The van der Waals surface area contributed by atoms with Crippen LogP contribution in [0.25, 0.3) is 0 Å². The number of anilines is 2. The summed E-state index contributed by atoms with van der Waals surface area (Å²) >= 11 is 0. The largest absolute Gasteiger partial charge is 0.399 e. The van der Waals surface area contributed by atoms with Gasteiger partial charge < -0.3 is 15.6 Å². The molecule has 0 unspecified atom stereocenters. The van der Waals surface area contributed by atoms with Crippen LogP contribution in [0.5, 0.6) is 0 Å². The maximum atomic E-state index is 13.0. The predicted octanol–water partition coefficient (Wildman–Crippen LogP) is 1.45. The normalized spacial score (nSPS) is 10.3. The fourth-order valence-electron chi connectivity index (χ4n) is 1.33. The molecule has 0 atom stereocenters. The van der Waals surface area contributed by atoms with Crippen LogP contribution < -0.4 is 11.1 Å². The summed E-state index contributed by atoms with van der Waals surface area (Å²) in [6.07, 6.45) is 1.92. The minimum atomic E-state index is -0.361. The molecule has 0 amide bonds. The smallest absolute Gasteiger partial charge is 0.228 e. The minimum Gasteiger partial charge on any atom is -0.399 e. The van der Waals surface area contributed by atoms with E-state index in [1.54, 1.807) is 6.07 Å². The van der Waals surface area contributed by atoms with Crippen molar-refractivity contribution in [3.8, 4) is 0 Å². The Morgan fingerprint density at radius 3 is 2.94 bits per heavy atom. The molecule has 0 radical (unpaired) electrons. The van der Waals surface area contributed by atoms with Gasteiger partial charge in [-0.05, 0) is 18.2 Å². The standard InChI is InChI=1S/C10H11FN4O/c11-7-3-8(12)5-9(4-7)13-2-1-10-14-6-15-16-10/h3-6,13H,1-2,12H2. The number of nitrogen functional groups attached to an aromatic ring is 1. The van der Waals surface area contributed by atoms with Gasteiger partial charge in [-0.2, -0.15) is 4.98 Å². The maximum Gasteiger partial charge on any atom is 0.228 e. The number of hydrogen-bond acceptors (Lipinski definition) is 5. The summed E-state index contributed by atoms with van der Waals surface area (Å²) in [5, 5.41) is 6.50. The molecule has 0 fully saturated rings. The molecule has 2 aromatic rings. The number of rotatable bonds is 4. The molecule has 84 valence electrons. The van der Waals surface area contributed by atoms with Crippen molar-refractivity contribution in [2.24, 2.45) is 0 Å². The zero-order valence-corrected chi connectivity index (χ0v) is 8.48. The molecule has 2 rings (SSSR count). The quantitative estimate of drug-likeness (QED) is 0.765. The number of nitrogens with zero attached hydrogens (tertiary/aromatic N) is 2. The van der Waals surface area contributed by atoms with Crippen molar-refractivity contribution in [3.63, 3.8) is 0 Å². The summed E-state index contributed by atoms with van der Waals surface area (Å²) in [5.74, 6) is 0.178. The van der Waals surface area contributed by atoms with Crippen molar-refractivity contribution in [3.05, 3.63) is 36.2 Å². The van der Waals surface area contributed by atoms with Gasteiger partial charge in [0.25, 0.3) is 0 Å². The summed E-state index contributed by atoms with van der Waals surface area (Å²) in [4.78, 5) is 3.87. The minimum absolute atomic E-state index is 0.361. The topological polar surface area (TPSA) is 77.0 Å². The monoisotopic (exact) mass is 222 g/mol. The molecule has 0 saturated heterocycles. The fraction of sp³-hybridized carbons (Fsp3) is 0.200. The predicted molar refractivity (Wildman–Crippen MR) is 57.3 cm³/mol. The van der Waals surface area contributed by atoms with Crippen LogP contribution in [-0.2, 0) is 6.42 Å². The average molecular weight is 222 g/mol. The Morgan fingerprint density at radius 1 is 1.38 bits per heavy atom. The molecular formula is C10H11FN4O. The Balaban J connectivity index is 1.89. The third-order valence-electron chi connectivity index (χ3n) is 2.00. The van der Waals surface area contributed by atoms with Crippen molar-refractivity contribution >= 4 is 11.4 Å². The summed E-state index contributed by atoms with van der Waals surface area (Å²) < 4.78 is 17.8. The molecule has 0 aliphatic carbocycles. The van der Waals surface area contributed by atoms with Gasteiger partial charge in [-0.15, -0.1) is 0 Å². The highest BCUT2D eigenvalue weighted by Gasteiger charge is 2.00. The number of hydrogen-bond donors (Lipinski definition) is 2. The van der Waals surface area contributed by atoms with Crippen LogP contribution >= 0.6 is 0 Å². The van der Waals surface area contributed by atoms with Gasteiger partial charge in [0, 0.05) is 24.3 Å². The number of halogens is 1. The fourth-order valence-corrected chi connectivity index (χ4v) is 1.33. The Labute approximate surface area is 91.5 Å². The zero-order chi connectivity index (χ0) is 11.4. The van der Waals surface area contributed by atoms with Crippen molar-refractivity contribution < 1.29 is 8.91 Å². The first-order chi connectivity index (χ1) is 7.74. The Hall–Kier alpha value is -2.11. The summed E-state index contributed by atoms with van der Waals surface area (Å²) in [6.45, 7) is 0.574. The molecule has 0 bridgehead atoms. The van der Waals surface area contributed by atoms with Gasteiger partial charge in [-0.3, -0.25) is 0 Å². The summed E-state index contributed by atoms with van der Waals surface area (Å²) in [5.41, 5.74) is 6.53. The zero-order valence-electron chi connectivity index (χ0n) is 8.48. The van der Waals surface area contributed by atoms with Crippen molar-refractivity contribution in [1.29, 1.82) is 0 Å². The molecule has 6 heteroatoms. The van der Waals surface area contributed by atoms with Crippen LogP contribution in [0.15, 0.2) is 29.0 Å². The second-order valence-electron chi connectivity index (χ2n) is 3.29. The molecule has 16 heavy (non-hydrogen) atoms. The van der Waals surface area contributed by atoms with Crippen LogP contribution in [-0.4, -0.2) is 16.7 Å². The van der Waals surface area contributed by atoms with E-state index in [1.807, 2.05) is 0 Å². The van der Waals surface area contributed by atoms with Crippen LogP contribution in [0, 0.1) is 5.82 Å². The van der Waals surface area contributed by atoms with E-state index in [4.69, 9.17) is 10.3 Å². The third-order valence-corrected chi connectivity index (χ3v) is 2.00. The van der Waals surface area contributed by atoms with E-state index < -0.39 is 0 Å². The van der Waals surface area contributed by atoms with E-state index in [-0.39, 0.29) is 5.82 Å². The SMILES string of the molecule is Nc1cc(F)cc(NCCc2ncno2)c1. The number of nitrogens with one attached hydrogen (secondary N) is 1. The first-order valence-corrected chi connectivity index (χ1v) is 4.79. The van der Waals surface area contributed by atoms with E-state index in [0.29, 0.717) is 30.2 Å². The van der Waals surface area contributed by atoms with Crippen LogP contribution in [0.2, 0.25) is 0 Å². The molecule has 0 saturated carbocycles. The Morgan fingerprint density at radius 2 is 2.25 bits per heavy atom. The van der Waals surface area contributed by atoms with E-state index >= 15 is 0 Å². The molecule has 3 N–H and O–H groups in total. The van der Waals surface area contributed by atoms with Crippen LogP contribution in [0.1, 0.15) is 5.89 Å². The van der Waals surface area contributed by atoms with Crippen LogP contribution in [0.4, 0.5) is 15.8 Å². The molecule has 0 aliphatic heterocycles. The molecule has 1 aromatic heterocycles. The second kappa shape index (κ2) is 4.61. The lowest BCUT2D eigenvalue weighted by Crippen LogP contribution is -2.05. The average Bonchev–Trinajstić information content (AvgIpc) is 2.69. The lowest BCUT2D eigenvalue weighted by Gasteiger charge is -2.05. The van der Waals surface area contributed by atoms with E-state index in [9.17, 15) is 4.39 Å². The van der Waals surface area contributed by atoms with Gasteiger partial charge in [0.2, 0.25) is 5.89 Å². The molecule has 1 aromatic carbocycles. The lowest BCUT2D eigenvalue weighted by atomic mass is 10.2. The van der Waals surface area contributed by atoms with E-state index in [1.165, 1.54) is 18.5 Å². The van der Waals surface area contributed by atoms with Gasteiger partial charge in [0.1, 0.15) is 5.82 Å². The van der Waals surface area contributed by atoms with E-state index in [0.717, 1.165) is 0 Å².